The monoisotopic (exact) mass is 288 g/mol. The van der Waals surface area contributed by atoms with E-state index in [1.807, 2.05) is 37.4 Å². The molecule has 104 valence electrons. The Kier molecular flexibility index (Phi) is 4.40. The fourth-order valence-electron chi connectivity index (χ4n) is 1.99. The number of aromatic nitrogens is 1. The van der Waals surface area contributed by atoms with Crippen LogP contribution in [0.25, 0.3) is 0 Å². The Morgan fingerprint density at radius 3 is 2.60 bits per heavy atom. The van der Waals surface area contributed by atoms with Crippen LogP contribution in [0.5, 0.6) is 0 Å². The average Bonchev–Trinajstić information content (AvgIpc) is 2.46. The largest absolute Gasteiger partial charge is 0.353 e. The van der Waals surface area contributed by atoms with Crippen LogP contribution in [0, 0.1) is 0 Å². The Bertz CT molecular complexity index is 610. The Hall–Kier alpha value is -1.87. The summed E-state index contributed by atoms with van der Waals surface area (Å²) in [5.74, 6) is 0.845. The number of nitrogens with zero attached hydrogens (tertiary/aromatic N) is 2. The van der Waals surface area contributed by atoms with Gasteiger partial charge in [-0.3, -0.25) is 4.79 Å². The highest BCUT2D eigenvalue weighted by molar-refractivity contribution is 6.30. The van der Waals surface area contributed by atoms with Crippen molar-refractivity contribution in [3.05, 3.63) is 58.7 Å². The number of benzene rings is 1. The zero-order chi connectivity index (χ0) is 14.7. The van der Waals surface area contributed by atoms with Gasteiger partial charge in [0.2, 0.25) is 0 Å². The van der Waals surface area contributed by atoms with Crippen LogP contribution >= 0.6 is 11.6 Å². The molecule has 0 aliphatic carbocycles. The second kappa shape index (κ2) is 6.06. The van der Waals surface area contributed by atoms with E-state index in [-0.39, 0.29) is 11.8 Å². The number of ketones is 1. The van der Waals surface area contributed by atoms with Gasteiger partial charge in [-0.2, -0.15) is 0 Å². The third-order valence-corrected chi connectivity index (χ3v) is 3.66. The molecule has 0 N–H and O–H groups in total. The molecule has 0 spiro atoms. The van der Waals surface area contributed by atoms with Gasteiger partial charge in [0.1, 0.15) is 5.82 Å². The number of Topliss-reactive ketones (excluding diaryl/α,β-unsaturated/α-hetero) is 1. The third kappa shape index (κ3) is 3.17. The van der Waals surface area contributed by atoms with Crippen molar-refractivity contribution in [2.24, 2.45) is 0 Å². The van der Waals surface area contributed by atoms with Crippen LogP contribution in [0.1, 0.15) is 35.8 Å². The molecular formula is C16H17ClN2O. The minimum absolute atomic E-state index is 0.0228. The van der Waals surface area contributed by atoms with Crippen molar-refractivity contribution < 1.29 is 4.79 Å². The van der Waals surface area contributed by atoms with Gasteiger partial charge in [0.15, 0.2) is 5.78 Å². The van der Waals surface area contributed by atoms with Crippen molar-refractivity contribution >= 4 is 23.2 Å². The Labute approximate surface area is 124 Å². The molecular weight excluding hydrogens is 272 g/mol. The quantitative estimate of drug-likeness (QED) is 0.793. The topological polar surface area (TPSA) is 33.2 Å². The smallest absolute Gasteiger partial charge is 0.161 e. The van der Waals surface area contributed by atoms with Crippen LogP contribution < -0.4 is 4.90 Å². The molecule has 20 heavy (non-hydrogen) atoms. The van der Waals surface area contributed by atoms with E-state index in [0.29, 0.717) is 5.56 Å². The predicted molar refractivity (Wildman–Crippen MR) is 82.5 cm³/mol. The number of halogens is 1. The molecule has 0 radical (unpaired) electrons. The summed E-state index contributed by atoms with van der Waals surface area (Å²) in [7, 11) is 1.97. The minimum Gasteiger partial charge on any atom is -0.353 e. The molecule has 3 nitrogen and oxygen atoms in total. The molecule has 0 saturated carbocycles. The molecule has 0 fully saturated rings. The number of hydrogen-bond donors (Lipinski definition) is 0. The first-order valence-electron chi connectivity index (χ1n) is 6.44. The van der Waals surface area contributed by atoms with Crippen molar-refractivity contribution in [2.45, 2.75) is 19.9 Å². The van der Waals surface area contributed by atoms with Crippen molar-refractivity contribution in [1.82, 2.24) is 4.98 Å². The summed E-state index contributed by atoms with van der Waals surface area (Å²) >= 11 is 6.02. The molecule has 4 heteroatoms. The summed E-state index contributed by atoms with van der Waals surface area (Å²) < 4.78 is 0. The van der Waals surface area contributed by atoms with E-state index in [0.717, 1.165) is 16.4 Å². The highest BCUT2D eigenvalue weighted by Gasteiger charge is 2.14. The molecule has 1 aromatic carbocycles. The van der Waals surface area contributed by atoms with Crippen LogP contribution in [0.2, 0.25) is 5.02 Å². The summed E-state index contributed by atoms with van der Waals surface area (Å²) in [6.07, 6.45) is 1.61. The summed E-state index contributed by atoms with van der Waals surface area (Å²) in [5, 5.41) is 0.725. The van der Waals surface area contributed by atoms with Gasteiger partial charge in [-0.05, 0) is 43.7 Å². The lowest BCUT2D eigenvalue weighted by atomic mass is 10.1. The normalized spacial score (nSPS) is 12.0. The fraction of sp³-hybridized carbons (Fsp3) is 0.250. The van der Waals surface area contributed by atoms with Gasteiger partial charge in [0.25, 0.3) is 0 Å². The predicted octanol–water partition coefficient (Wildman–Crippen LogP) is 4.14. The van der Waals surface area contributed by atoms with E-state index in [1.54, 1.807) is 12.3 Å². The zero-order valence-electron chi connectivity index (χ0n) is 11.8. The molecule has 2 rings (SSSR count). The molecule has 1 aromatic heterocycles. The van der Waals surface area contributed by atoms with Gasteiger partial charge in [-0.1, -0.05) is 23.7 Å². The van der Waals surface area contributed by atoms with Crippen LogP contribution in [-0.4, -0.2) is 17.8 Å². The Balaban J connectivity index is 2.22. The number of carbonyl (C=O) groups is 1. The second-order valence-corrected chi connectivity index (χ2v) is 5.24. The van der Waals surface area contributed by atoms with Crippen molar-refractivity contribution in [1.29, 1.82) is 0 Å². The van der Waals surface area contributed by atoms with Gasteiger partial charge in [0.05, 0.1) is 6.04 Å². The first kappa shape index (κ1) is 14.5. The maximum atomic E-state index is 11.3. The summed E-state index contributed by atoms with van der Waals surface area (Å²) in [6.45, 7) is 3.63. The van der Waals surface area contributed by atoms with E-state index in [2.05, 4.69) is 16.8 Å². The lowest BCUT2D eigenvalue weighted by molar-refractivity contribution is 0.101. The first-order valence-corrected chi connectivity index (χ1v) is 6.82. The summed E-state index contributed by atoms with van der Waals surface area (Å²) in [5.41, 5.74) is 1.75. The van der Waals surface area contributed by atoms with Crippen LogP contribution in [0.15, 0.2) is 42.6 Å². The number of pyridine rings is 1. The lowest BCUT2D eigenvalue weighted by Crippen LogP contribution is -2.22. The number of hydrogen-bond acceptors (Lipinski definition) is 3. The molecule has 0 aliphatic heterocycles. The standard InChI is InChI=1S/C16H17ClN2O/c1-11(13-5-4-6-15(17)9-13)19(3)16-8-7-14(10-18-16)12(2)20/h4-11H,1-3H3. The first-order chi connectivity index (χ1) is 9.49. The minimum atomic E-state index is 0.0228. The molecule has 1 unspecified atom stereocenters. The fourth-order valence-corrected chi connectivity index (χ4v) is 2.19. The highest BCUT2D eigenvalue weighted by atomic mass is 35.5. The molecule has 1 atom stereocenters. The zero-order valence-corrected chi connectivity index (χ0v) is 12.6. The van der Waals surface area contributed by atoms with Crippen molar-refractivity contribution in [2.75, 3.05) is 11.9 Å². The Morgan fingerprint density at radius 2 is 2.05 bits per heavy atom. The number of anilines is 1. The van der Waals surface area contributed by atoms with Gasteiger partial charge >= 0.3 is 0 Å². The van der Waals surface area contributed by atoms with Crippen LogP contribution in [0.4, 0.5) is 5.82 Å². The van der Waals surface area contributed by atoms with E-state index in [9.17, 15) is 4.79 Å². The highest BCUT2D eigenvalue weighted by Crippen LogP contribution is 2.25. The molecule has 0 amide bonds. The Morgan fingerprint density at radius 1 is 1.30 bits per heavy atom. The van der Waals surface area contributed by atoms with Crippen LogP contribution in [0.3, 0.4) is 0 Å². The third-order valence-electron chi connectivity index (χ3n) is 3.43. The summed E-state index contributed by atoms with van der Waals surface area (Å²) in [6, 6.07) is 11.6. The van der Waals surface area contributed by atoms with E-state index in [4.69, 9.17) is 11.6 Å². The maximum Gasteiger partial charge on any atom is 0.161 e. The molecule has 0 saturated heterocycles. The van der Waals surface area contributed by atoms with E-state index >= 15 is 0 Å². The van der Waals surface area contributed by atoms with Crippen molar-refractivity contribution in [3.63, 3.8) is 0 Å². The van der Waals surface area contributed by atoms with Gasteiger partial charge in [0, 0.05) is 23.8 Å². The van der Waals surface area contributed by atoms with Gasteiger partial charge in [-0.15, -0.1) is 0 Å². The van der Waals surface area contributed by atoms with Gasteiger partial charge in [-0.25, -0.2) is 4.98 Å². The van der Waals surface area contributed by atoms with E-state index in [1.165, 1.54) is 6.92 Å². The number of carbonyl (C=O) groups excluding carboxylic acids is 1. The van der Waals surface area contributed by atoms with Gasteiger partial charge < -0.3 is 4.90 Å². The SMILES string of the molecule is CC(=O)c1ccc(N(C)C(C)c2cccc(Cl)c2)nc1. The molecule has 0 aliphatic rings. The summed E-state index contributed by atoms with van der Waals surface area (Å²) in [4.78, 5) is 17.6. The van der Waals surface area contributed by atoms with E-state index < -0.39 is 0 Å². The lowest BCUT2D eigenvalue weighted by Gasteiger charge is -2.26. The molecule has 1 heterocycles. The van der Waals surface area contributed by atoms with Crippen molar-refractivity contribution in [3.8, 4) is 0 Å². The number of rotatable bonds is 4. The average molecular weight is 289 g/mol. The molecule has 2 aromatic rings. The van der Waals surface area contributed by atoms with Crippen LogP contribution in [-0.2, 0) is 0 Å². The molecule has 0 bridgehead atoms. The maximum absolute atomic E-state index is 11.3. The second-order valence-electron chi connectivity index (χ2n) is 4.80.